The molecule has 18 heavy (non-hydrogen) atoms. The first-order chi connectivity index (χ1) is 8.70. The first kappa shape index (κ1) is 12.7. The van der Waals surface area contributed by atoms with E-state index >= 15 is 0 Å². The number of methoxy groups -OCH3 is 1. The second-order valence-electron chi connectivity index (χ2n) is 3.59. The first-order valence-corrected chi connectivity index (χ1v) is 6.65. The van der Waals surface area contributed by atoms with Crippen molar-refractivity contribution in [2.75, 3.05) is 7.11 Å². The molecule has 0 fully saturated rings. The Balaban J connectivity index is 2.19. The SMILES string of the molecule is COc1cccc(CS(=O)c2ccccc2F)n1. The summed E-state index contributed by atoms with van der Waals surface area (Å²) in [4.78, 5) is 4.35. The molecular formula is C13H12FNO2S. The van der Waals surface area contributed by atoms with Crippen molar-refractivity contribution in [2.24, 2.45) is 0 Å². The van der Waals surface area contributed by atoms with Gasteiger partial charge in [0, 0.05) is 6.07 Å². The fourth-order valence-corrected chi connectivity index (χ4v) is 2.59. The van der Waals surface area contributed by atoms with Crippen LogP contribution in [0, 0.1) is 5.82 Å². The molecule has 0 saturated heterocycles. The number of benzene rings is 1. The molecule has 94 valence electrons. The van der Waals surface area contributed by atoms with E-state index in [1.54, 1.807) is 30.3 Å². The largest absolute Gasteiger partial charge is 0.481 e. The van der Waals surface area contributed by atoms with Gasteiger partial charge in [-0.3, -0.25) is 4.21 Å². The van der Waals surface area contributed by atoms with Gasteiger partial charge in [-0.25, -0.2) is 9.37 Å². The maximum absolute atomic E-state index is 13.5. The minimum Gasteiger partial charge on any atom is -0.481 e. The summed E-state index contributed by atoms with van der Waals surface area (Å²) in [5.74, 6) is 0.162. The fraction of sp³-hybridized carbons (Fsp3) is 0.154. The number of pyridine rings is 1. The number of halogens is 1. The summed E-state index contributed by atoms with van der Waals surface area (Å²) in [6.07, 6.45) is 0. The lowest BCUT2D eigenvalue weighted by Crippen LogP contribution is -2.01. The molecular weight excluding hydrogens is 253 g/mol. The Morgan fingerprint density at radius 2 is 2.00 bits per heavy atom. The van der Waals surface area contributed by atoms with Gasteiger partial charge in [0.15, 0.2) is 0 Å². The van der Waals surface area contributed by atoms with E-state index in [0.29, 0.717) is 11.6 Å². The topological polar surface area (TPSA) is 39.2 Å². The summed E-state index contributed by atoms with van der Waals surface area (Å²) in [5.41, 5.74) is 0.607. The molecule has 3 nitrogen and oxygen atoms in total. The minimum absolute atomic E-state index is 0.165. The molecule has 0 saturated carbocycles. The van der Waals surface area contributed by atoms with Gasteiger partial charge in [0.1, 0.15) is 5.82 Å². The van der Waals surface area contributed by atoms with Gasteiger partial charge in [-0.2, -0.15) is 0 Å². The van der Waals surface area contributed by atoms with Crippen LogP contribution in [0.3, 0.4) is 0 Å². The molecule has 1 aromatic heterocycles. The lowest BCUT2D eigenvalue weighted by atomic mass is 10.3. The molecule has 1 atom stereocenters. The van der Waals surface area contributed by atoms with Crippen LogP contribution in [-0.4, -0.2) is 16.3 Å². The molecule has 2 aromatic rings. The predicted molar refractivity (Wildman–Crippen MR) is 67.3 cm³/mol. The van der Waals surface area contributed by atoms with Crippen molar-refractivity contribution in [3.8, 4) is 5.88 Å². The third-order valence-electron chi connectivity index (χ3n) is 2.35. The molecule has 0 radical (unpaired) electrons. The van der Waals surface area contributed by atoms with Gasteiger partial charge < -0.3 is 4.74 Å². The van der Waals surface area contributed by atoms with Crippen molar-refractivity contribution in [1.29, 1.82) is 0 Å². The predicted octanol–water partition coefficient (Wildman–Crippen LogP) is 2.54. The Bertz CT molecular complexity index is 574. The van der Waals surface area contributed by atoms with Crippen LogP contribution in [-0.2, 0) is 16.6 Å². The van der Waals surface area contributed by atoms with Crippen LogP contribution in [0.4, 0.5) is 4.39 Å². The summed E-state index contributed by atoms with van der Waals surface area (Å²) in [7, 11) is 0.0646. The van der Waals surface area contributed by atoms with E-state index in [4.69, 9.17) is 4.74 Å². The van der Waals surface area contributed by atoms with E-state index < -0.39 is 16.6 Å². The maximum atomic E-state index is 13.5. The second kappa shape index (κ2) is 5.73. The van der Waals surface area contributed by atoms with Crippen molar-refractivity contribution in [2.45, 2.75) is 10.6 Å². The highest BCUT2D eigenvalue weighted by Crippen LogP contribution is 2.16. The van der Waals surface area contributed by atoms with Gasteiger partial charge in [0.2, 0.25) is 5.88 Å². The average Bonchev–Trinajstić information content (AvgIpc) is 2.39. The lowest BCUT2D eigenvalue weighted by Gasteiger charge is -2.04. The highest BCUT2D eigenvalue weighted by atomic mass is 32.2. The van der Waals surface area contributed by atoms with Crippen molar-refractivity contribution in [1.82, 2.24) is 4.98 Å². The van der Waals surface area contributed by atoms with E-state index in [0.717, 1.165) is 0 Å². The molecule has 5 heteroatoms. The van der Waals surface area contributed by atoms with E-state index in [1.165, 1.54) is 19.2 Å². The Hall–Kier alpha value is -1.75. The molecule has 1 unspecified atom stereocenters. The average molecular weight is 265 g/mol. The minimum atomic E-state index is -1.45. The molecule has 0 aliphatic carbocycles. The van der Waals surface area contributed by atoms with Crippen LogP contribution in [0.25, 0.3) is 0 Å². The van der Waals surface area contributed by atoms with Gasteiger partial charge in [0.05, 0.1) is 34.3 Å². The Morgan fingerprint density at radius 1 is 1.22 bits per heavy atom. The van der Waals surface area contributed by atoms with Gasteiger partial charge in [0.25, 0.3) is 0 Å². The quantitative estimate of drug-likeness (QED) is 0.852. The third kappa shape index (κ3) is 2.92. The summed E-state index contributed by atoms with van der Waals surface area (Å²) < 4.78 is 30.5. The van der Waals surface area contributed by atoms with Crippen molar-refractivity contribution >= 4 is 10.8 Å². The molecule has 0 spiro atoms. The van der Waals surface area contributed by atoms with Crippen LogP contribution in [0.15, 0.2) is 47.4 Å². The Kier molecular flexibility index (Phi) is 4.04. The van der Waals surface area contributed by atoms with Crippen molar-refractivity contribution in [3.05, 3.63) is 54.0 Å². The molecule has 0 amide bonds. The zero-order chi connectivity index (χ0) is 13.0. The Labute approximate surface area is 107 Å². The van der Waals surface area contributed by atoms with E-state index in [2.05, 4.69) is 4.98 Å². The lowest BCUT2D eigenvalue weighted by molar-refractivity contribution is 0.397. The third-order valence-corrected chi connectivity index (χ3v) is 3.73. The van der Waals surface area contributed by atoms with E-state index in [-0.39, 0.29) is 10.6 Å². The van der Waals surface area contributed by atoms with Gasteiger partial charge in [-0.05, 0) is 18.2 Å². The second-order valence-corrected chi connectivity index (χ2v) is 5.01. The summed E-state index contributed by atoms with van der Waals surface area (Å²) >= 11 is 0. The fourth-order valence-electron chi connectivity index (χ4n) is 1.49. The standard InChI is InChI=1S/C13H12FNO2S/c1-17-13-8-4-5-10(15-13)9-18(16)12-7-3-2-6-11(12)14/h2-8H,9H2,1H3. The number of aromatic nitrogens is 1. The summed E-state index contributed by atoms with van der Waals surface area (Å²) in [5, 5.41) is 0. The van der Waals surface area contributed by atoms with E-state index in [9.17, 15) is 8.60 Å². The highest BCUT2D eigenvalue weighted by molar-refractivity contribution is 7.84. The van der Waals surface area contributed by atoms with Crippen LogP contribution in [0.5, 0.6) is 5.88 Å². The number of hydrogen-bond acceptors (Lipinski definition) is 3. The number of ether oxygens (including phenoxy) is 1. The molecule has 0 aliphatic rings. The van der Waals surface area contributed by atoms with Crippen LogP contribution < -0.4 is 4.74 Å². The zero-order valence-electron chi connectivity index (χ0n) is 9.80. The summed E-state index contributed by atoms with van der Waals surface area (Å²) in [6.45, 7) is 0. The first-order valence-electron chi connectivity index (χ1n) is 5.33. The molecule has 0 aliphatic heterocycles. The highest BCUT2D eigenvalue weighted by Gasteiger charge is 2.11. The number of nitrogens with zero attached hydrogens (tertiary/aromatic N) is 1. The molecule has 2 rings (SSSR count). The van der Waals surface area contributed by atoms with Crippen LogP contribution >= 0.6 is 0 Å². The molecule has 0 N–H and O–H groups in total. The van der Waals surface area contributed by atoms with Crippen LogP contribution in [0.1, 0.15) is 5.69 Å². The molecule has 1 aromatic carbocycles. The van der Waals surface area contributed by atoms with Crippen molar-refractivity contribution < 1.29 is 13.3 Å². The Morgan fingerprint density at radius 3 is 2.72 bits per heavy atom. The number of rotatable bonds is 4. The van der Waals surface area contributed by atoms with Gasteiger partial charge in [-0.1, -0.05) is 18.2 Å². The summed E-state index contributed by atoms with van der Waals surface area (Å²) in [6, 6.07) is 11.3. The van der Waals surface area contributed by atoms with Crippen molar-refractivity contribution in [3.63, 3.8) is 0 Å². The smallest absolute Gasteiger partial charge is 0.213 e. The van der Waals surface area contributed by atoms with Gasteiger partial charge in [-0.15, -0.1) is 0 Å². The number of hydrogen-bond donors (Lipinski definition) is 0. The normalized spacial score (nSPS) is 12.1. The van der Waals surface area contributed by atoms with Gasteiger partial charge >= 0.3 is 0 Å². The maximum Gasteiger partial charge on any atom is 0.213 e. The van der Waals surface area contributed by atoms with E-state index in [1.807, 2.05) is 0 Å². The zero-order valence-corrected chi connectivity index (χ0v) is 10.6. The molecule has 0 bridgehead atoms. The monoisotopic (exact) mass is 265 g/mol. The molecule has 1 heterocycles. The van der Waals surface area contributed by atoms with Crippen LogP contribution in [0.2, 0.25) is 0 Å².